The number of rotatable bonds is 6. The van der Waals surface area contributed by atoms with Crippen molar-refractivity contribution in [3.8, 4) is 11.1 Å². The molecule has 0 aromatic carbocycles. The number of carbonyl (C=O) groups is 1. The minimum absolute atomic E-state index is 0.394. The smallest absolute Gasteiger partial charge is 0.341 e. The van der Waals surface area contributed by atoms with E-state index in [0.717, 1.165) is 29.8 Å². The van der Waals surface area contributed by atoms with E-state index in [1.54, 1.807) is 11.6 Å². The number of hydrogen-bond donors (Lipinski definition) is 0. The zero-order valence-electron chi connectivity index (χ0n) is 14.0. The zero-order chi connectivity index (χ0) is 17.1. The monoisotopic (exact) mass is 328 g/mol. The summed E-state index contributed by atoms with van der Waals surface area (Å²) in [4.78, 5) is 11.9. The fourth-order valence-electron chi connectivity index (χ4n) is 2.73. The van der Waals surface area contributed by atoms with Gasteiger partial charge in [-0.2, -0.15) is 10.2 Å². The highest BCUT2D eigenvalue weighted by molar-refractivity contribution is 5.97. The van der Waals surface area contributed by atoms with Crippen molar-refractivity contribution in [3.63, 3.8) is 0 Å². The first-order valence-electron chi connectivity index (χ1n) is 7.73. The molecule has 3 aromatic rings. The van der Waals surface area contributed by atoms with Crippen molar-refractivity contribution < 1.29 is 14.3 Å². The van der Waals surface area contributed by atoms with Gasteiger partial charge in [0.15, 0.2) is 0 Å². The fourth-order valence-corrected chi connectivity index (χ4v) is 2.73. The molecular weight excluding hydrogens is 308 g/mol. The predicted octanol–water partition coefficient (Wildman–Crippen LogP) is 2.33. The molecule has 3 rings (SSSR count). The first-order chi connectivity index (χ1) is 11.7. The average molecular weight is 328 g/mol. The molecule has 3 aromatic heterocycles. The van der Waals surface area contributed by atoms with Crippen LogP contribution in [-0.4, -0.2) is 46.2 Å². The number of aryl methyl sites for hydroxylation is 1. The molecule has 0 saturated heterocycles. The van der Waals surface area contributed by atoms with Gasteiger partial charge in [-0.1, -0.05) is 0 Å². The Kier molecular flexibility index (Phi) is 4.61. The quantitative estimate of drug-likeness (QED) is 0.513. The van der Waals surface area contributed by atoms with Crippen LogP contribution in [0.25, 0.3) is 16.6 Å². The summed E-state index contributed by atoms with van der Waals surface area (Å²) in [6, 6.07) is 3.90. The van der Waals surface area contributed by atoms with Gasteiger partial charge >= 0.3 is 5.97 Å². The van der Waals surface area contributed by atoms with Crippen molar-refractivity contribution in [2.75, 3.05) is 20.8 Å². The maximum atomic E-state index is 11.9. The van der Waals surface area contributed by atoms with Gasteiger partial charge in [0.05, 0.1) is 25.0 Å². The minimum atomic E-state index is -0.394. The van der Waals surface area contributed by atoms with Crippen LogP contribution in [0.2, 0.25) is 0 Å². The van der Waals surface area contributed by atoms with Crippen molar-refractivity contribution in [3.05, 3.63) is 42.0 Å². The lowest BCUT2D eigenvalue weighted by molar-refractivity contribution is 0.0603. The third-order valence-corrected chi connectivity index (χ3v) is 4.06. The molecule has 0 unspecified atom stereocenters. The number of ether oxygens (including phenoxy) is 2. The van der Waals surface area contributed by atoms with Crippen LogP contribution in [0.4, 0.5) is 0 Å². The van der Waals surface area contributed by atoms with Gasteiger partial charge in [-0.25, -0.2) is 9.31 Å². The number of methoxy groups -OCH3 is 2. The van der Waals surface area contributed by atoms with Crippen LogP contribution in [0.5, 0.6) is 0 Å². The molecule has 0 amide bonds. The Hall–Kier alpha value is -2.67. The van der Waals surface area contributed by atoms with Gasteiger partial charge in [0.25, 0.3) is 0 Å². The predicted molar refractivity (Wildman–Crippen MR) is 89.0 cm³/mol. The first-order valence-corrected chi connectivity index (χ1v) is 7.73. The number of carbonyl (C=O) groups excluding carboxylic acids is 1. The molecule has 0 radical (unpaired) electrons. The summed E-state index contributed by atoms with van der Waals surface area (Å²) in [7, 11) is 3.06. The van der Waals surface area contributed by atoms with Gasteiger partial charge < -0.3 is 9.47 Å². The third kappa shape index (κ3) is 2.90. The minimum Gasteiger partial charge on any atom is -0.465 e. The van der Waals surface area contributed by atoms with Crippen LogP contribution in [0.3, 0.4) is 0 Å². The van der Waals surface area contributed by atoms with Crippen LogP contribution < -0.4 is 0 Å². The summed E-state index contributed by atoms with van der Waals surface area (Å²) in [6.45, 7) is 3.55. The molecule has 0 atom stereocenters. The maximum absolute atomic E-state index is 11.9. The van der Waals surface area contributed by atoms with Gasteiger partial charge in [0.2, 0.25) is 0 Å². The van der Waals surface area contributed by atoms with Crippen LogP contribution in [0, 0.1) is 6.92 Å². The van der Waals surface area contributed by atoms with Crippen molar-refractivity contribution in [1.29, 1.82) is 0 Å². The van der Waals surface area contributed by atoms with Crippen LogP contribution in [0.15, 0.2) is 30.7 Å². The normalized spacial score (nSPS) is 11.1. The molecule has 24 heavy (non-hydrogen) atoms. The Morgan fingerprint density at radius 2 is 2.08 bits per heavy atom. The summed E-state index contributed by atoms with van der Waals surface area (Å²) < 4.78 is 13.5. The number of esters is 1. The van der Waals surface area contributed by atoms with E-state index in [1.807, 2.05) is 36.1 Å². The van der Waals surface area contributed by atoms with Gasteiger partial charge in [0.1, 0.15) is 5.56 Å². The SMILES string of the molecule is COCCCn1ncc(-c2ccn3ncc(C(=O)OC)c3c2)c1C. The van der Waals surface area contributed by atoms with Crippen molar-refractivity contribution in [1.82, 2.24) is 19.4 Å². The number of nitrogens with zero attached hydrogens (tertiary/aromatic N) is 4. The Balaban J connectivity index is 1.96. The first kappa shape index (κ1) is 16.2. The lowest BCUT2D eigenvalue weighted by Gasteiger charge is -2.06. The summed E-state index contributed by atoms with van der Waals surface area (Å²) in [5.74, 6) is -0.394. The number of fused-ring (bicyclic) bond motifs is 1. The molecular formula is C17H20N4O3. The third-order valence-electron chi connectivity index (χ3n) is 4.06. The second-order valence-corrected chi connectivity index (χ2v) is 5.51. The van der Waals surface area contributed by atoms with E-state index in [4.69, 9.17) is 9.47 Å². The zero-order valence-corrected chi connectivity index (χ0v) is 14.0. The number of hydrogen-bond acceptors (Lipinski definition) is 5. The summed E-state index contributed by atoms with van der Waals surface area (Å²) in [6.07, 6.45) is 6.11. The van der Waals surface area contributed by atoms with Crippen LogP contribution in [-0.2, 0) is 16.0 Å². The van der Waals surface area contributed by atoms with E-state index in [9.17, 15) is 4.79 Å². The van der Waals surface area contributed by atoms with E-state index < -0.39 is 5.97 Å². The lowest BCUT2D eigenvalue weighted by atomic mass is 10.1. The van der Waals surface area contributed by atoms with Gasteiger partial charge in [-0.3, -0.25) is 4.68 Å². The van der Waals surface area contributed by atoms with E-state index in [2.05, 4.69) is 10.2 Å². The Bertz CT molecular complexity index is 866. The molecule has 0 fully saturated rings. The van der Waals surface area contributed by atoms with Crippen LogP contribution in [0.1, 0.15) is 22.5 Å². The van der Waals surface area contributed by atoms with Crippen LogP contribution >= 0.6 is 0 Å². The molecule has 0 N–H and O–H groups in total. The topological polar surface area (TPSA) is 70.7 Å². The van der Waals surface area contributed by atoms with E-state index in [-0.39, 0.29) is 0 Å². The van der Waals surface area contributed by atoms with E-state index in [1.165, 1.54) is 13.3 Å². The molecule has 126 valence electrons. The number of pyridine rings is 1. The highest BCUT2D eigenvalue weighted by atomic mass is 16.5. The second-order valence-electron chi connectivity index (χ2n) is 5.51. The van der Waals surface area contributed by atoms with Crippen molar-refractivity contribution >= 4 is 11.5 Å². The van der Waals surface area contributed by atoms with Gasteiger partial charge in [-0.15, -0.1) is 0 Å². The fraction of sp³-hybridized carbons (Fsp3) is 0.353. The lowest BCUT2D eigenvalue weighted by Crippen LogP contribution is -2.05. The molecule has 0 spiro atoms. The average Bonchev–Trinajstić information content (AvgIpc) is 3.18. The molecule has 0 aliphatic carbocycles. The highest BCUT2D eigenvalue weighted by Gasteiger charge is 2.15. The van der Waals surface area contributed by atoms with Gasteiger partial charge in [0, 0.05) is 37.7 Å². The number of aromatic nitrogens is 4. The molecule has 0 saturated carbocycles. The summed E-state index contributed by atoms with van der Waals surface area (Å²) >= 11 is 0. The van der Waals surface area contributed by atoms with E-state index in [0.29, 0.717) is 17.7 Å². The maximum Gasteiger partial charge on any atom is 0.341 e. The molecule has 0 aliphatic rings. The van der Waals surface area contributed by atoms with Gasteiger partial charge in [-0.05, 0) is 31.0 Å². The summed E-state index contributed by atoms with van der Waals surface area (Å²) in [5.41, 5.74) is 4.26. The van der Waals surface area contributed by atoms with E-state index >= 15 is 0 Å². The largest absolute Gasteiger partial charge is 0.465 e. The highest BCUT2D eigenvalue weighted by Crippen LogP contribution is 2.25. The Morgan fingerprint density at radius 3 is 2.83 bits per heavy atom. The molecule has 3 heterocycles. The standard InChI is InChI=1S/C17H20N4O3/c1-12-14(10-18-20(12)6-4-8-23-2)13-5-7-21-16(9-13)15(11-19-21)17(22)24-3/h5,7,9-11H,4,6,8H2,1-3H3. The Labute approximate surface area is 139 Å². The molecule has 0 aliphatic heterocycles. The molecule has 7 heteroatoms. The van der Waals surface area contributed by atoms with Crippen molar-refractivity contribution in [2.45, 2.75) is 19.9 Å². The second kappa shape index (κ2) is 6.84. The Morgan fingerprint density at radius 1 is 1.25 bits per heavy atom. The molecule has 7 nitrogen and oxygen atoms in total. The molecule has 0 bridgehead atoms. The van der Waals surface area contributed by atoms with Crippen molar-refractivity contribution in [2.24, 2.45) is 0 Å². The summed E-state index contributed by atoms with van der Waals surface area (Å²) in [5, 5.41) is 8.63.